The molecular weight excluding hydrogens is 252 g/mol. The van der Waals surface area contributed by atoms with E-state index in [2.05, 4.69) is 15.0 Å². The number of hydrogen-bond acceptors (Lipinski definition) is 4. The maximum absolute atomic E-state index is 8.83. The van der Waals surface area contributed by atoms with Crippen molar-refractivity contribution in [2.24, 2.45) is 10.9 Å². The van der Waals surface area contributed by atoms with Crippen LogP contribution in [0.3, 0.4) is 0 Å². The smallest absolute Gasteiger partial charge is 0.156 e. The molecule has 0 amide bonds. The number of likely N-dealkylation sites (tertiary alicyclic amines) is 1. The van der Waals surface area contributed by atoms with Gasteiger partial charge in [0, 0.05) is 18.9 Å². The highest BCUT2D eigenvalue weighted by atomic mass is 35.5. The van der Waals surface area contributed by atoms with Crippen LogP contribution in [0.2, 0.25) is 5.02 Å². The molecule has 2 heterocycles. The third-order valence-electron chi connectivity index (χ3n) is 3.30. The van der Waals surface area contributed by atoms with Gasteiger partial charge in [0.25, 0.3) is 0 Å². The minimum absolute atomic E-state index is 0.00650. The summed E-state index contributed by atoms with van der Waals surface area (Å²) in [6, 6.07) is 1.90. The molecule has 1 atom stereocenters. The number of nitrogens with zero attached hydrogens (tertiary/aromatic N) is 3. The van der Waals surface area contributed by atoms with Gasteiger partial charge in [-0.25, -0.2) is 0 Å². The quantitative estimate of drug-likeness (QED) is 0.380. The minimum atomic E-state index is -0.00650. The zero-order chi connectivity index (χ0) is 13.0. The molecule has 1 unspecified atom stereocenters. The first-order valence-electron chi connectivity index (χ1n) is 6.02. The lowest BCUT2D eigenvalue weighted by Crippen LogP contribution is -2.47. The van der Waals surface area contributed by atoms with E-state index in [4.69, 9.17) is 22.5 Å². The number of amidine groups is 1. The third kappa shape index (κ3) is 2.91. The molecule has 1 aromatic heterocycles. The van der Waals surface area contributed by atoms with Gasteiger partial charge >= 0.3 is 0 Å². The molecule has 3 N–H and O–H groups in total. The minimum Gasteiger partial charge on any atom is -0.409 e. The first kappa shape index (κ1) is 13.1. The van der Waals surface area contributed by atoms with Crippen molar-refractivity contribution in [3.05, 3.63) is 29.0 Å². The lowest BCUT2D eigenvalue weighted by atomic mass is 10.0. The fourth-order valence-corrected chi connectivity index (χ4v) is 2.51. The summed E-state index contributed by atoms with van der Waals surface area (Å²) in [5.74, 6) is 0.278. The van der Waals surface area contributed by atoms with Gasteiger partial charge in [0.1, 0.15) is 0 Å². The van der Waals surface area contributed by atoms with Crippen molar-refractivity contribution in [2.75, 3.05) is 6.54 Å². The highest BCUT2D eigenvalue weighted by molar-refractivity contribution is 6.31. The summed E-state index contributed by atoms with van der Waals surface area (Å²) < 4.78 is 0. The maximum atomic E-state index is 8.83. The van der Waals surface area contributed by atoms with Crippen LogP contribution in [0.4, 0.5) is 0 Å². The van der Waals surface area contributed by atoms with Crippen molar-refractivity contribution in [3.8, 4) is 0 Å². The molecule has 18 heavy (non-hydrogen) atoms. The number of halogens is 1. The molecule has 0 radical (unpaired) electrons. The maximum Gasteiger partial charge on any atom is 0.156 e. The molecule has 1 fully saturated rings. The predicted octanol–water partition coefficient (Wildman–Crippen LogP) is 1.84. The number of pyridine rings is 1. The van der Waals surface area contributed by atoms with Crippen molar-refractivity contribution in [3.63, 3.8) is 0 Å². The third-order valence-corrected chi connectivity index (χ3v) is 3.64. The highest BCUT2D eigenvalue weighted by Gasteiger charge is 2.26. The zero-order valence-corrected chi connectivity index (χ0v) is 10.8. The predicted molar refractivity (Wildman–Crippen MR) is 70.7 cm³/mol. The van der Waals surface area contributed by atoms with Crippen molar-refractivity contribution in [1.82, 2.24) is 9.88 Å². The van der Waals surface area contributed by atoms with Gasteiger partial charge in [-0.3, -0.25) is 9.88 Å². The molecule has 0 aliphatic carbocycles. The van der Waals surface area contributed by atoms with Crippen molar-refractivity contribution < 1.29 is 5.21 Å². The molecule has 6 heteroatoms. The summed E-state index contributed by atoms with van der Waals surface area (Å²) in [6.07, 6.45) is 6.50. The SMILES string of the molecule is NC(=NO)C1CCCCN1Cc1ccncc1Cl. The van der Waals surface area contributed by atoms with E-state index < -0.39 is 0 Å². The Labute approximate surface area is 111 Å². The van der Waals surface area contributed by atoms with Crippen LogP contribution < -0.4 is 5.73 Å². The molecule has 98 valence electrons. The number of hydrogen-bond donors (Lipinski definition) is 2. The van der Waals surface area contributed by atoms with Crippen LogP contribution in [0.5, 0.6) is 0 Å². The van der Waals surface area contributed by atoms with Gasteiger partial charge in [0.05, 0.1) is 11.1 Å². The fraction of sp³-hybridized carbons (Fsp3) is 0.500. The number of oxime groups is 1. The normalized spacial score (nSPS) is 22.1. The van der Waals surface area contributed by atoms with Gasteiger partial charge in [-0.1, -0.05) is 23.2 Å². The summed E-state index contributed by atoms with van der Waals surface area (Å²) >= 11 is 6.10. The number of nitrogens with two attached hydrogens (primary N) is 1. The average Bonchev–Trinajstić information content (AvgIpc) is 2.41. The molecule has 1 aliphatic heterocycles. The topological polar surface area (TPSA) is 74.7 Å². The van der Waals surface area contributed by atoms with Crippen molar-refractivity contribution in [1.29, 1.82) is 0 Å². The van der Waals surface area contributed by atoms with Gasteiger partial charge in [0.15, 0.2) is 5.84 Å². The van der Waals surface area contributed by atoms with Gasteiger partial charge < -0.3 is 10.9 Å². The largest absolute Gasteiger partial charge is 0.409 e. The van der Waals surface area contributed by atoms with Crippen molar-refractivity contribution in [2.45, 2.75) is 31.8 Å². The Morgan fingerprint density at radius 2 is 2.44 bits per heavy atom. The van der Waals surface area contributed by atoms with E-state index in [9.17, 15) is 0 Å². The summed E-state index contributed by atoms with van der Waals surface area (Å²) in [4.78, 5) is 6.16. The zero-order valence-electron chi connectivity index (χ0n) is 10.1. The molecule has 0 spiro atoms. The second-order valence-electron chi connectivity index (χ2n) is 4.47. The first-order chi connectivity index (χ1) is 8.72. The van der Waals surface area contributed by atoms with Gasteiger partial charge in [-0.2, -0.15) is 0 Å². The molecule has 0 aromatic carbocycles. The van der Waals surface area contributed by atoms with Gasteiger partial charge in [0.2, 0.25) is 0 Å². The van der Waals surface area contributed by atoms with E-state index in [0.29, 0.717) is 11.6 Å². The van der Waals surface area contributed by atoms with E-state index in [1.807, 2.05) is 6.07 Å². The van der Waals surface area contributed by atoms with E-state index in [1.165, 1.54) is 0 Å². The lowest BCUT2D eigenvalue weighted by Gasteiger charge is -2.34. The van der Waals surface area contributed by atoms with E-state index in [1.54, 1.807) is 12.4 Å². The second-order valence-corrected chi connectivity index (χ2v) is 4.88. The van der Waals surface area contributed by atoms with Crippen LogP contribution in [-0.4, -0.2) is 33.5 Å². The van der Waals surface area contributed by atoms with E-state index in [-0.39, 0.29) is 11.9 Å². The lowest BCUT2D eigenvalue weighted by molar-refractivity contribution is 0.178. The number of piperidine rings is 1. The highest BCUT2D eigenvalue weighted by Crippen LogP contribution is 2.22. The Balaban J connectivity index is 2.13. The van der Waals surface area contributed by atoms with Gasteiger partial charge in [-0.15, -0.1) is 0 Å². The average molecular weight is 269 g/mol. The van der Waals surface area contributed by atoms with Crippen LogP contribution in [0, 0.1) is 0 Å². The summed E-state index contributed by atoms with van der Waals surface area (Å²) in [5.41, 5.74) is 6.76. The molecule has 1 aromatic rings. The molecule has 0 bridgehead atoms. The first-order valence-corrected chi connectivity index (χ1v) is 6.40. The van der Waals surface area contributed by atoms with E-state index in [0.717, 1.165) is 31.4 Å². The Morgan fingerprint density at radius 3 is 3.17 bits per heavy atom. The molecule has 5 nitrogen and oxygen atoms in total. The van der Waals surface area contributed by atoms with Crippen LogP contribution in [0.1, 0.15) is 24.8 Å². The fourth-order valence-electron chi connectivity index (χ4n) is 2.33. The monoisotopic (exact) mass is 268 g/mol. The van der Waals surface area contributed by atoms with E-state index >= 15 is 0 Å². The van der Waals surface area contributed by atoms with Crippen LogP contribution in [-0.2, 0) is 6.54 Å². The Hall–Kier alpha value is -1.33. The van der Waals surface area contributed by atoms with Crippen molar-refractivity contribution >= 4 is 17.4 Å². The Kier molecular flexibility index (Phi) is 4.38. The molecule has 1 aliphatic rings. The summed E-state index contributed by atoms with van der Waals surface area (Å²) in [7, 11) is 0. The molecule has 0 saturated carbocycles. The summed E-state index contributed by atoms with van der Waals surface area (Å²) in [5, 5.41) is 12.6. The molecule has 2 rings (SSSR count). The number of rotatable bonds is 3. The Morgan fingerprint density at radius 1 is 1.61 bits per heavy atom. The standard InChI is InChI=1S/C12H17ClN4O/c13-10-7-15-5-4-9(10)8-17-6-2-1-3-11(17)12(14)16-18/h4-5,7,11,18H,1-3,6,8H2,(H2,14,16). The molecular formula is C12H17ClN4O. The van der Waals surface area contributed by atoms with Crippen LogP contribution >= 0.6 is 11.6 Å². The van der Waals surface area contributed by atoms with Crippen LogP contribution in [0.25, 0.3) is 0 Å². The molecule has 1 saturated heterocycles. The van der Waals surface area contributed by atoms with Crippen LogP contribution in [0.15, 0.2) is 23.6 Å². The number of aromatic nitrogens is 1. The summed E-state index contributed by atoms with van der Waals surface area (Å²) in [6.45, 7) is 1.63. The van der Waals surface area contributed by atoms with Gasteiger partial charge in [-0.05, 0) is 31.0 Å². The second kappa shape index (κ2) is 6.02. The Bertz CT molecular complexity index is 438.